The molecule has 2 aromatic rings. The lowest BCUT2D eigenvalue weighted by molar-refractivity contribution is -0.121. The van der Waals surface area contributed by atoms with Crippen LogP contribution in [0.5, 0.6) is 0 Å². The number of nitrogens with one attached hydrogen (secondary N) is 3. The van der Waals surface area contributed by atoms with E-state index in [1.54, 1.807) is 12.1 Å². The van der Waals surface area contributed by atoms with Crippen molar-refractivity contribution in [3.8, 4) is 0 Å². The summed E-state index contributed by atoms with van der Waals surface area (Å²) in [6, 6.07) is 7.25. The molecule has 4 N–H and O–H groups in total. The van der Waals surface area contributed by atoms with Crippen molar-refractivity contribution < 1.29 is 9.90 Å². The van der Waals surface area contributed by atoms with E-state index in [2.05, 4.69) is 15.6 Å². The van der Waals surface area contributed by atoms with Gasteiger partial charge in [-0.25, -0.2) is 4.79 Å². The molecule has 0 aliphatic carbocycles. The van der Waals surface area contributed by atoms with Crippen LogP contribution in [0.1, 0.15) is 0 Å². The van der Waals surface area contributed by atoms with Crippen molar-refractivity contribution in [1.29, 1.82) is 0 Å². The molecule has 0 spiro atoms. The Balaban J connectivity index is 1.66. The summed E-state index contributed by atoms with van der Waals surface area (Å²) in [6.45, 7) is 1.63. The van der Waals surface area contributed by atoms with Crippen molar-refractivity contribution in [3.05, 3.63) is 34.7 Å². The molecule has 2 heterocycles. The minimum atomic E-state index is -0.430. The number of nitrogens with zero attached hydrogens (tertiary/aromatic N) is 1. The Hall–Kier alpha value is -2.12. The van der Waals surface area contributed by atoms with Gasteiger partial charge in [0.15, 0.2) is 0 Å². The Kier molecular flexibility index (Phi) is 3.76. The molecular weight excluding hydrogens is 272 g/mol. The summed E-state index contributed by atoms with van der Waals surface area (Å²) in [6.07, 6.45) is -0.430. The molecule has 2 atom stereocenters. The molecule has 21 heavy (non-hydrogen) atoms. The van der Waals surface area contributed by atoms with E-state index in [-0.39, 0.29) is 24.1 Å². The molecule has 1 amide bonds. The van der Waals surface area contributed by atoms with Crippen molar-refractivity contribution in [1.82, 2.24) is 20.2 Å². The van der Waals surface area contributed by atoms with Crippen molar-refractivity contribution in [2.75, 3.05) is 19.6 Å². The quantitative estimate of drug-likeness (QED) is 0.582. The normalized spacial score (nSPS) is 21.8. The van der Waals surface area contributed by atoms with E-state index < -0.39 is 6.10 Å². The van der Waals surface area contributed by atoms with Crippen molar-refractivity contribution in [2.24, 2.45) is 5.92 Å². The number of fused-ring (bicyclic) bond motifs is 1. The van der Waals surface area contributed by atoms with Crippen LogP contribution in [0.2, 0.25) is 0 Å². The minimum absolute atomic E-state index is 0.0219. The number of carbonyl (C=O) groups excluding carboxylic acids is 1. The van der Waals surface area contributed by atoms with Crippen LogP contribution in [-0.4, -0.2) is 46.3 Å². The van der Waals surface area contributed by atoms with Gasteiger partial charge in [0.1, 0.15) is 6.54 Å². The zero-order valence-electron chi connectivity index (χ0n) is 11.5. The van der Waals surface area contributed by atoms with Crippen molar-refractivity contribution in [2.45, 2.75) is 12.6 Å². The Labute approximate surface area is 121 Å². The van der Waals surface area contributed by atoms with Crippen LogP contribution in [0.3, 0.4) is 0 Å². The molecule has 1 aromatic carbocycles. The van der Waals surface area contributed by atoms with Crippen molar-refractivity contribution >= 4 is 16.9 Å². The number of aromatic amines is 1. The summed E-state index contributed by atoms with van der Waals surface area (Å²) in [4.78, 5) is 26.6. The number of carbonyl (C=O) groups is 1. The Morgan fingerprint density at radius 1 is 1.38 bits per heavy atom. The summed E-state index contributed by atoms with van der Waals surface area (Å²) < 4.78 is 1.41. The number of para-hydroxylation sites is 2. The van der Waals surface area contributed by atoms with Gasteiger partial charge >= 0.3 is 5.69 Å². The maximum Gasteiger partial charge on any atom is 0.326 e. The molecule has 1 aliphatic rings. The van der Waals surface area contributed by atoms with E-state index in [0.29, 0.717) is 30.7 Å². The van der Waals surface area contributed by atoms with E-state index in [4.69, 9.17) is 0 Å². The minimum Gasteiger partial charge on any atom is -0.391 e. The Morgan fingerprint density at radius 3 is 2.95 bits per heavy atom. The topological polar surface area (TPSA) is 99.2 Å². The molecule has 1 fully saturated rings. The lowest BCUT2D eigenvalue weighted by Crippen LogP contribution is -2.37. The number of hydrogen-bond acceptors (Lipinski definition) is 4. The first kappa shape index (κ1) is 13.8. The van der Waals surface area contributed by atoms with Gasteiger partial charge in [-0.2, -0.15) is 0 Å². The molecule has 1 aromatic heterocycles. The predicted molar refractivity (Wildman–Crippen MR) is 77.9 cm³/mol. The summed E-state index contributed by atoms with van der Waals surface area (Å²) in [5.41, 5.74) is 1.12. The highest BCUT2D eigenvalue weighted by Gasteiger charge is 2.25. The molecule has 0 saturated carbocycles. The molecule has 0 radical (unpaired) electrons. The highest BCUT2D eigenvalue weighted by Crippen LogP contribution is 2.09. The first-order valence-corrected chi connectivity index (χ1v) is 6.98. The van der Waals surface area contributed by atoms with Crippen LogP contribution in [0, 0.1) is 5.92 Å². The monoisotopic (exact) mass is 290 g/mol. The number of β-amino-alcohol motifs (C(OH)–C–C–N with tert-alkyl or cyclic N) is 1. The number of aliphatic hydroxyl groups excluding tert-OH is 1. The molecule has 3 rings (SSSR count). The summed E-state index contributed by atoms with van der Waals surface area (Å²) >= 11 is 0. The molecule has 112 valence electrons. The Bertz CT molecular complexity index is 706. The highest BCUT2D eigenvalue weighted by molar-refractivity contribution is 5.80. The van der Waals surface area contributed by atoms with Crippen LogP contribution < -0.4 is 16.3 Å². The number of rotatable bonds is 4. The molecule has 0 bridgehead atoms. The van der Waals surface area contributed by atoms with Gasteiger partial charge in [0.25, 0.3) is 0 Å². The van der Waals surface area contributed by atoms with Crippen LogP contribution in [0.15, 0.2) is 29.1 Å². The predicted octanol–water partition coefficient (Wildman–Crippen LogP) is -0.974. The number of imidazole rings is 1. The summed E-state index contributed by atoms with van der Waals surface area (Å²) in [7, 11) is 0. The molecule has 7 heteroatoms. The number of benzene rings is 1. The second kappa shape index (κ2) is 5.71. The number of hydrogen-bond donors (Lipinski definition) is 4. The SMILES string of the molecule is O=C(Cn1c(=O)[nH]c2ccccc21)NCC1CNCC1O. The maximum absolute atomic E-state index is 12.0. The fraction of sp³-hybridized carbons (Fsp3) is 0.429. The lowest BCUT2D eigenvalue weighted by atomic mass is 10.1. The Morgan fingerprint density at radius 2 is 2.19 bits per heavy atom. The number of aliphatic hydroxyl groups is 1. The summed E-state index contributed by atoms with van der Waals surface area (Å²) in [5.74, 6) is -0.213. The van der Waals surface area contributed by atoms with Crippen LogP contribution in [-0.2, 0) is 11.3 Å². The van der Waals surface area contributed by atoms with Crippen molar-refractivity contribution in [3.63, 3.8) is 0 Å². The van der Waals surface area contributed by atoms with Gasteiger partial charge in [-0.3, -0.25) is 9.36 Å². The zero-order valence-corrected chi connectivity index (χ0v) is 11.5. The third kappa shape index (κ3) is 2.84. The van der Waals surface area contributed by atoms with Gasteiger partial charge in [-0.05, 0) is 12.1 Å². The summed E-state index contributed by atoms with van der Waals surface area (Å²) in [5, 5.41) is 15.5. The van der Waals surface area contributed by atoms with E-state index in [1.807, 2.05) is 12.1 Å². The molecular formula is C14H18N4O3. The fourth-order valence-electron chi connectivity index (χ4n) is 2.64. The zero-order chi connectivity index (χ0) is 14.8. The largest absolute Gasteiger partial charge is 0.391 e. The first-order valence-electron chi connectivity index (χ1n) is 6.98. The smallest absolute Gasteiger partial charge is 0.326 e. The van der Waals surface area contributed by atoms with Gasteiger partial charge in [-0.15, -0.1) is 0 Å². The second-order valence-electron chi connectivity index (χ2n) is 5.32. The number of amides is 1. The molecule has 1 aliphatic heterocycles. The third-order valence-electron chi connectivity index (χ3n) is 3.85. The van der Waals surface area contributed by atoms with Gasteiger partial charge in [0.2, 0.25) is 5.91 Å². The fourth-order valence-corrected chi connectivity index (χ4v) is 2.64. The number of aromatic nitrogens is 2. The first-order chi connectivity index (χ1) is 10.1. The second-order valence-corrected chi connectivity index (χ2v) is 5.32. The maximum atomic E-state index is 12.0. The van der Waals surface area contributed by atoms with Gasteiger partial charge in [0, 0.05) is 25.6 Å². The molecule has 1 saturated heterocycles. The van der Waals surface area contributed by atoms with Crippen LogP contribution in [0.25, 0.3) is 11.0 Å². The average molecular weight is 290 g/mol. The van der Waals surface area contributed by atoms with E-state index >= 15 is 0 Å². The van der Waals surface area contributed by atoms with Crippen LogP contribution >= 0.6 is 0 Å². The lowest BCUT2D eigenvalue weighted by Gasteiger charge is -2.14. The highest BCUT2D eigenvalue weighted by atomic mass is 16.3. The van der Waals surface area contributed by atoms with Gasteiger partial charge in [-0.1, -0.05) is 12.1 Å². The van der Waals surface area contributed by atoms with E-state index in [9.17, 15) is 14.7 Å². The van der Waals surface area contributed by atoms with Gasteiger partial charge in [0.05, 0.1) is 17.1 Å². The van der Waals surface area contributed by atoms with E-state index in [0.717, 1.165) is 0 Å². The third-order valence-corrected chi connectivity index (χ3v) is 3.85. The molecule has 7 nitrogen and oxygen atoms in total. The van der Waals surface area contributed by atoms with Gasteiger partial charge < -0.3 is 20.7 Å². The van der Waals surface area contributed by atoms with Crippen LogP contribution in [0.4, 0.5) is 0 Å². The molecule has 2 unspecified atom stereocenters. The number of H-pyrrole nitrogens is 1. The standard InChI is InChI=1S/C14H18N4O3/c19-12-7-15-5-9(12)6-16-13(20)8-18-11-4-2-1-3-10(11)17-14(18)21/h1-4,9,12,15,19H,5-8H2,(H,16,20)(H,17,21). The van der Waals surface area contributed by atoms with E-state index in [1.165, 1.54) is 4.57 Å². The average Bonchev–Trinajstić information content (AvgIpc) is 3.01.